The first-order valence-electron chi connectivity index (χ1n) is 5.66. The van der Waals surface area contributed by atoms with Gasteiger partial charge in [0.25, 0.3) is 0 Å². The van der Waals surface area contributed by atoms with Crippen LogP contribution in [-0.2, 0) is 9.59 Å². The fourth-order valence-corrected chi connectivity index (χ4v) is 2.14. The third kappa shape index (κ3) is 3.48. The van der Waals surface area contributed by atoms with Crippen LogP contribution in [0.3, 0.4) is 0 Å². The van der Waals surface area contributed by atoms with Crippen LogP contribution in [0.5, 0.6) is 0 Å². The van der Waals surface area contributed by atoms with E-state index >= 15 is 0 Å². The zero-order valence-electron chi connectivity index (χ0n) is 9.56. The zero-order chi connectivity index (χ0) is 12.1. The molecular weight excluding hydrogens is 210 g/mol. The predicted octanol–water partition coefficient (Wildman–Crippen LogP) is 0.471. The molecule has 1 aliphatic rings. The largest absolute Gasteiger partial charge is 0.481 e. The number of carbonyl (C=O) groups excluding carboxylic acids is 1. The number of nitrogens with zero attached hydrogens (tertiary/aromatic N) is 1. The summed E-state index contributed by atoms with van der Waals surface area (Å²) < 4.78 is 0. The Morgan fingerprint density at radius 3 is 2.69 bits per heavy atom. The van der Waals surface area contributed by atoms with Gasteiger partial charge in [0.2, 0.25) is 5.91 Å². The van der Waals surface area contributed by atoms with E-state index in [4.69, 9.17) is 10.2 Å². The highest BCUT2D eigenvalue weighted by atomic mass is 16.4. The molecule has 0 spiro atoms. The third-order valence-electron chi connectivity index (χ3n) is 2.95. The van der Waals surface area contributed by atoms with Gasteiger partial charge in [0.05, 0.1) is 12.6 Å². The molecule has 1 fully saturated rings. The summed E-state index contributed by atoms with van der Waals surface area (Å²) in [5.74, 6) is -1.06. The number of hydrogen-bond acceptors (Lipinski definition) is 3. The molecule has 0 aliphatic carbocycles. The summed E-state index contributed by atoms with van der Waals surface area (Å²) in [7, 11) is 0. The van der Waals surface area contributed by atoms with Crippen LogP contribution in [0.4, 0.5) is 0 Å². The number of rotatable bonds is 5. The Kier molecular flexibility index (Phi) is 4.73. The summed E-state index contributed by atoms with van der Waals surface area (Å²) in [4.78, 5) is 24.0. The van der Waals surface area contributed by atoms with E-state index in [2.05, 4.69) is 0 Å². The molecule has 92 valence electrons. The Morgan fingerprint density at radius 2 is 2.12 bits per heavy atom. The maximum absolute atomic E-state index is 11.8. The minimum Gasteiger partial charge on any atom is -0.481 e. The van der Waals surface area contributed by atoms with Gasteiger partial charge in [-0.15, -0.1) is 0 Å². The summed E-state index contributed by atoms with van der Waals surface area (Å²) in [6.07, 6.45) is 2.03. The molecule has 2 N–H and O–H groups in total. The first-order valence-corrected chi connectivity index (χ1v) is 5.66. The summed E-state index contributed by atoms with van der Waals surface area (Å²) in [5, 5.41) is 17.7. The fraction of sp³-hybridized carbons (Fsp3) is 0.818. The standard InChI is InChI=1S/C11H19NO4/c1-8(6-11(15)16)5-10(14)12-4-2-3-9(12)7-13/h8-9,13H,2-7H2,1H3,(H,15,16). The van der Waals surface area contributed by atoms with Gasteiger partial charge >= 0.3 is 5.97 Å². The van der Waals surface area contributed by atoms with Gasteiger partial charge in [0.15, 0.2) is 0 Å². The molecular formula is C11H19NO4. The van der Waals surface area contributed by atoms with Crippen molar-refractivity contribution in [2.24, 2.45) is 5.92 Å². The van der Waals surface area contributed by atoms with E-state index in [0.29, 0.717) is 6.54 Å². The lowest BCUT2D eigenvalue weighted by Crippen LogP contribution is -2.38. The Hall–Kier alpha value is -1.10. The lowest BCUT2D eigenvalue weighted by molar-refractivity contribution is -0.138. The Bertz CT molecular complexity index is 267. The van der Waals surface area contributed by atoms with E-state index in [1.807, 2.05) is 0 Å². The molecule has 1 amide bonds. The molecule has 0 radical (unpaired) electrons. The van der Waals surface area contributed by atoms with E-state index < -0.39 is 5.97 Å². The number of likely N-dealkylation sites (tertiary alicyclic amines) is 1. The van der Waals surface area contributed by atoms with Crippen LogP contribution in [0, 0.1) is 5.92 Å². The zero-order valence-corrected chi connectivity index (χ0v) is 9.56. The molecule has 1 aliphatic heterocycles. The van der Waals surface area contributed by atoms with Crippen molar-refractivity contribution in [2.45, 2.75) is 38.6 Å². The van der Waals surface area contributed by atoms with Crippen LogP contribution < -0.4 is 0 Å². The molecule has 5 nitrogen and oxygen atoms in total. The SMILES string of the molecule is CC(CC(=O)O)CC(=O)N1CCCC1CO. The van der Waals surface area contributed by atoms with Gasteiger partial charge in [-0.2, -0.15) is 0 Å². The smallest absolute Gasteiger partial charge is 0.303 e. The van der Waals surface area contributed by atoms with Crippen molar-refractivity contribution < 1.29 is 19.8 Å². The average molecular weight is 229 g/mol. The highest BCUT2D eigenvalue weighted by Crippen LogP contribution is 2.20. The Balaban J connectivity index is 2.42. The molecule has 5 heteroatoms. The minimum absolute atomic E-state index is 0.000941. The molecule has 0 aromatic heterocycles. The maximum Gasteiger partial charge on any atom is 0.303 e. The maximum atomic E-state index is 11.8. The first kappa shape index (κ1) is 13.0. The van der Waals surface area contributed by atoms with Gasteiger partial charge in [-0.05, 0) is 18.8 Å². The van der Waals surface area contributed by atoms with Gasteiger partial charge in [0.1, 0.15) is 0 Å². The second-order valence-corrected chi connectivity index (χ2v) is 4.47. The van der Waals surface area contributed by atoms with E-state index in [1.165, 1.54) is 0 Å². The molecule has 0 aromatic rings. The first-order chi connectivity index (χ1) is 7.54. The quantitative estimate of drug-likeness (QED) is 0.718. The predicted molar refractivity (Wildman–Crippen MR) is 57.9 cm³/mol. The molecule has 1 rings (SSSR count). The van der Waals surface area contributed by atoms with Crippen LogP contribution in [-0.4, -0.2) is 46.2 Å². The van der Waals surface area contributed by atoms with E-state index in [0.717, 1.165) is 12.8 Å². The van der Waals surface area contributed by atoms with Gasteiger partial charge in [-0.25, -0.2) is 0 Å². The lowest BCUT2D eigenvalue weighted by Gasteiger charge is -2.24. The normalized spacial score (nSPS) is 22.1. The van der Waals surface area contributed by atoms with Crippen LogP contribution in [0.2, 0.25) is 0 Å². The van der Waals surface area contributed by atoms with Crippen molar-refractivity contribution in [1.29, 1.82) is 0 Å². The number of amides is 1. The summed E-state index contributed by atoms with van der Waals surface area (Å²) in [6, 6.07) is -0.0653. The topological polar surface area (TPSA) is 77.8 Å². The number of carboxylic acids is 1. The number of carbonyl (C=O) groups is 2. The van der Waals surface area contributed by atoms with Crippen molar-refractivity contribution in [1.82, 2.24) is 4.90 Å². The molecule has 2 unspecified atom stereocenters. The molecule has 1 saturated heterocycles. The summed E-state index contributed by atoms with van der Waals surface area (Å²) >= 11 is 0. The summed E-state index contributed by atoms with van der Waals surface area (Å²) in [5.41, 5.74) is 0. The highest BCUT2D eigenvalue weighted by Gasteiger charge is 2.28. The van der Waals surface area contributed by atoms with Crippen molar-refractivity contribution >= 4 is 11.9 Å². The van der Waals surface area contributed by atoms with E-state index in [9.17, 15) is 9.59 Å². The van der Waals surface area contributed by atoms with Crippen molar-refractivity contribution in [3.63, 3.8) is 0 Å². The lowest BCUT2D eigenvalue weighted by atomic mass is 10.0. The number of aliphatic hydroxyl groups is 1. The van der Waals surface area contributed by atoms with E-state index in [-0.39, 0.29) is 37.3 Å². The van der Waals surface area contributed by atoms with Crippen molar-refractivity contribution in [3.8, 4) is 0 Å². The van der Waals surface area contributed by atoms with Crippen molar-refractivity contribution in [2.75, 3.05) is 13.2 Å². The fourth-order valence-electron chi connectivity index (χ4n) is 2.14. The second kappa shape index (κ2) is 5.84. The number of hydrogen-bond donors (Lipinski definition) is 2. The number of carboxylic acid groups (broad SMARTS) is 1. The second-order valence-electron chi connectivity index (χ2n) is 4.47. The third-order valence-corrected chi connectivity index (χ3v) is 2.95. The molecule has 2 atom stereocenters. The number of aliphatic carboxylic acids is 1. The van der Waals surface area contributed by atoms with Gasteiger partial charge < -0.3 is 15.1 Å². The molecule has 0 bridgehead atoms. The van der Waals surface area contributed by atoms with Gasteiger partial charge in [-0.3, -0.25) is 9.59 Å². The van der Waals surface area contributed by atoms with Crippen LogP contribution in [0.15, 0.2) is 0 Å². The van der Waals surface area contributed by atoms with E-state index in [1.54, 1.807) is 11.8 Å². The highest BCUT2D eigenvalue weighted by molar-refractivity contribution is 5.78. The van der Waals surface area contributed by atoms with Gasteiger partial charge in [-0.1, -0.05) is 6.92 Å². The van der Waals surface area contributed by atoms with Crippen LogP contribution in [0.25, 0.3) is 0 Å². The van der Waals surface area contributed by atoms with Crippen LogP contribution >= 0.6 is 0 Å². The Morgan fingerprint density at radius 1 is 1.44 bits per heavy atom. The average Bonchev–Trinajstić information content (AvgIpc) is 2.63. The minimum atomic E-state index is -0.875. The number of aliphatic hydroxyl groups excluding tert-OH is 1. The summed E-state index contributed by atoms with van der Waals surface area (Å²) in [6.45, 7) is 2.44. The Labute approximate surface area is 95.1 Å². The monoisotopic (exact) mass is 229 g/mol. The van der Waals surface area contributed by atoms with Crippen LogP contribution in [0.1, 0.15) is 32.6 Å². The molecule has 0 saturated carbocycles. The van der Waals surface area contributed by atoms with Gasteiger partial charge in [0, 0.05) is 19.4 Å². The van der Waals surface area contributed by atoms with Crippen molar-refractivity contribution in [3.05, 3.63) is 0 Å². The molecule has 1 heterocycles. The molecule has 16 heavy (non-hydrogen) atoms. The molecule has 0 aromatic carbocycles.